The number of fused-ring (bicyclic) bond motifs is 6. The van der Waals surface area contributed by atoms with E-state index in [2.05, 4.69) is 70.0 Å². The summed E-state index contributed by atoms with van der Waals surface area (Å²) in [7, 11) is 0. The smallest absolute Gasteiger partial charge is 0.182 e. The van der Waals surface area contributed by atoms with Gasteiger partial charge in [-0.1, -0.05) is 0 Å². The predicted octanol–water partition coefficient (Wildman–Crippen LogP) is 8.93. The molecule has 5 aliphatic heterocycles. The number of pyridine rings is 2. The first kappa shape index (κ1) is 47.4. The molecule has 362 valence electrons. The zero-order valence-corrected chi connectivity index (χ0v) is 40.7. The summed E-state index contributed by atoms with van der Waals surface area (Å²) in [5, 5.41) is 18.7. The third kappa shape index (κ3) is 12.0. The monoisotopic (exact) mass is 986 g/mol. The molecule has 5 aliphatic rings. The Balaban J connectivity index is 0.000000135. The average molecular weight is 987 g/mol. The highest BCUT2D eigenvalue weighted by atomic mass is 32.1. The van der Waals surface area contributed by atoms with Gasteiger partial charge in [0.05, 0.1) is 41.0 Å². The number of nitrogens with one attached hydrogen (secondary N) is 2. The molecule has 0 amide bonds. The van der Waals surface area contributed by atoms with Crippen LogP contribution in [0.15, 0.2) is 139 Å². The molecule has 2 aromatic carbocycles. The minimum atomic E-state index is 0.298. The number of rotatable bonds is 7. The minimum Gasteiger partial charge on any atom is -0.397 e. The Morgan fingerprint density at radius 1 is 0.620 bits per heavy atom. The Morgan fingerprint density at radius 2 is 1.13 bits per heavy atom. The van der Waals surface area contributed by atoms with Crippen LogP contribution in [-0.2, 0) is 14.2 Å². The number of nitrogen functional groups attached to an aromatic ring is 1. The highest BCUT2D eigenvalue weighted by Crippen LogP contribution is 2.34. The van der Waals surface area contributed by atoms with Crippen LogP contribution in [0.1, 0.15) is 38.5 Å². The molecule has 0 aliphatic carbocycles. The highest BCUT2D eigenvalue weighted by molar-refractivity contribution is 7.80. The van der Waals surface area contributed by atoms with E-state index in [0.29, 0.717) is 46.9 Å². The number of nitrogens with zero attached hydrogens (tertiary/aromatic N) is 11. The molecule has 11 heterocycles. The van der Waals surface area contributed by atoms with E-state index in [1.54, 1.807) is 36.9 Å². The van der Waals surface area contributed by atoms with Gasteiger partial charge in [0.15, 0.2) is 28.4 Å². The van der Waals surface area contributed by atoms with Crippen molar-refractivity contribution >= 4 is 80.1 Å². The van der Waals surface area contributed by atoms with Crippen LogP contribution in [0, 0.1) is 0 Å². The lowest BCUT2D eigenvalue weighted by molar-refractivity contribution is 0.0301. The number of aromatic nitrogens is 8. The second kappa shape index (κ2) is 22.7. The van der Waals surface area contributed by atoms with Crippen LogP contribution in [0.5, 0.6) is 0 Å². The Kier molecular flexibility index (Phi) is 15.1. The van der Waals surface area contributed by atoms with Crippen LogP contribution < -0.4 is 26.2 Å². The summed E-state index contributed by atoms with van der Waals surface area (Å²) in [6.07, 6.45) is 19.0. The third-order valence-electron chi connectivity index (χ3n) is 12.6. The highest BCUT2D eigenvalue weighted by Gasteiger charge is 2.36. The van der Waals surface area contributed by atoms with E-state index >= 15 is 0 Å². The number of hydrogen-bond donors (Lipinski definition) is 3. The summed E-state index contributed by atoms with van der Waals surface area (Å²) >= 11 is 10.1. The first-order valence-corrected chi connectivity index (χ1v) is 24.7. The van der Waals surface area contributed by atoms with Gasteiger partial charge in [-0.05, 0) is 160 Å². The van der Waals surface area contributed by atoms with Gasteiger partial charge in [0, 0.05) is 99.1 Å². The standard InChI is InChI=1S/C24H23N7OS.C19H17N5OS.C5H6N2.C4H8O/c33-24(27-18-9-11-25-12-10-18)26-17-5-3-16(4-6-17)22-28-23(21-2-1-13-31(21)29-22)30-14-19-7-8-20(15-30)32-19;26-12-20-14-5-3-13(4-6-14)18-21-19(17-2-1-9-24(17)22-18)23-10-15-7-8-16(11-23)25-15;6-5-2-1-3-7-4-5;1-2-4-5-3-1/h1-6,9-13,19-20H,7-8,14-15H2,(H2,25,26,27,33);1-6,9,15-16H,7-8,10-11H2;1-4H,6H2;1-4H2/t19-,20+;15-,16+;;. The van der Waals surface area contributed by atoms with Crippen molar-refractivity contribution in [2.75, 3.05) is 65.6 Å². The first-order chi connectivity index (χ1) is 34.9. The fourth-order valence-corrected chi connectivity index (χ4v) is 9.52. The second-order valence-corrected chi connectivity index (χ2v) is 18.3. The molecule has 6 aromatic heterocycles. The van der Waals surface area contributed by atoms with Crippen molar-refractivity contribution in [3.63, 3.8) is 0 Å². The van der Waals surface area contributed by atoms with Crippen LogP contribution >= 0.6 is 24.4 Å². The van der Waals surface area contributed by atoms with Gasteiger partial charge in [-0.3, -0.25) is 9.97 Å². The number of morpholine rings is 2. The second-order valence-electron chi connectivity index (χ2n) is 17.7. The molecule has 17 nitrogen and oxygen atoms in total. The summed E-state index contributed by atoms with van der Waals surface area (Å²) in [6, 6.07) is 31.2. The van der Waals surface area contributed by atoms with Gasteiger partial charge in [0.1, 0.15) is 11.0 Å². The average Bonchev–Trinajstić information content (AvgIpc) is 4.29. The van der Waals surface area contributed by atoms with Crippen molar-refractivity contribution in [3.8, 4) is 22.8 Å². The van der Waals surface area contributed by atoms with E-state index in [9.17, 15) is 0 Å². The molecule has 0 radical (unpaired) electrons. The maximum atomic E-state index is 6.02. The van der Waals surface area contributed by atoms with Crippen LogP contribution in [0.3, 0.4) is 0 Å². The third-order valence-corrected chi connectivity index (χ3v) is 12.9. The van der Waals surface area contributed by atoms with Gasteiger partial charge >= 0.3 is 0 Å². The van der Waals surface area contributed by atoms with Crippen LogP contribution in [0.4, 0.5) is 34.4 Å². The molecule has 0 saturated carbocycles. The van der Waals surface area contributed by atoms with Gasteiger partial charge in [-0.2, -0.15) is 4.99 Å². The Hall–Kier alpha value is -7.25. The lowest BCUT2D eigenvalue weighted by Gasteiger charge is -2.33. The zero-order chi connectivity index (χ0) is 48.4. The number of hydrogen-bond acceptors (Lipinski definition) is 15. The van der Waals surface area contributed by atoms with Crippen LogP contribution in [0.2, 0.25) is 0 Å². The molecule has 8 aromatic rings. The molecule has 4 bridgehead atoms. The van der Waals surface area contributed by atoms with Gasteiger partial charge in [0.25, 0.3) is 0 Å². The van der Waals surface area contributed by atoms with Crippen molar-refractivity contribution in [1.82, 2.24) is 39.2 Å². The zero-order valence-electron chi connectivity index (χ0n) is 39.0. The minimum absolute atomic E-state index is 0.298. The maximum absolute atomic E-state index is 6.02. The quantitative estimate of drug-likeness (QED) is 0.102. The molecule has 0 unspecified atom stereocenters. The fraction of sp³-hybridized carbons (Fsp3) is 0.308. The van der Waals surface area contributed by atoms with Gasteiger partial charge in [-0.25, -0.2) is 19.0 Å². The fourth-order valence-electron chi connectivity index (χ4n) is 9.18. The largest absolute Gasteiger partial charge is 0.397 e. The number of nitrogens with two attached hydrogens (primary N) is 1. The van der Waals surface area contributed by atoms with Crippen molar-refractivity contribution in [3.05, 3.63) is 134 Å². The Morgan fingerprint density at radius 3 is 1.56 bits per heavy atom. The topological polar surface area (TPSA) is 183 Å². The van der Waals surface area contributed by atoms with E-state index < -0.39 is 0 Å². The molecule has 4 N–H and O–H groups in total. The van der Waals surface area contributed by atoms with E-state index in [4.69, 9.17) is 47.2 Å². The summed E-state index contributed by atoms with van der Waals surface area (Å²) in [6.45, 7) is 5.52. The Labute approximate surface area is 422 Å². The number of thiocarbonyl (C=S) groups is 2. The van der Waals surface area contributed by atoms with E-state index in [0.717, 1.165) is 116 Å². The van der Waals surface area contributed by atoms with Gasteiger partial charge < -0.3 is 40.4 Å². The molecule has 5 saturated heterocycles. The van der Waals surface area contributed by atoms with Crippen LogP contribution in [-0.4, -0.2) is 113 Å². The maximum Gasteiger partial charge on any atom is 0.182 e. The van der Waals surface area contributed by atoms with Gasteiger partial charge in [0.2, 0.25) is 0 Å². The molecule has 0 spiro atoms. The lowest BCUT2D eigenvalue weighted by atomic mass is 10.2. The molecule has 13 rings (SSSR count). The molecular weight excluding hydrogens is 933 g/mol. The van der Waals surface area contributed by atoms with Gasteiger partial charge in [-0.15, -0.1) is 10.2 Å². The van der Waals surface area contributed by atoms with E-state index in [-0.39, 0.29) is 0 Å². The van der Waals surface area contributed by atoms with E-state index in [1.165, 1.54) is 12.8 Å². The first-order valence-electron chi connectivity index (χ1n) is 23.9. The summed E-state index contributed by atoms with van der Waals surface area (Å²) in [4.78, 5) is 26.4. The molecule has 19 heteroatoms. The number of anilines is 5. The van der Waals surface area contributed by atoms with Crippen molar-refractivity contribution in [2.45, 2.75) is 62.9 Å². The summed E-state index contributed by atoms with van der Waals surface area (Å²) in [5.41, 5.74) is 12.5. The normalized spacial score (nSPS) is 19.6. The SMILES string of the molecule is C1CCOC1.Nc1cccnc1.S=C(Nc1ccncc1)Nc1ccc(-c2nc(N3C[C@H]4CC[C@@H](C3)O4)c3cccn3n2)cc1.S=C=Nc1ccc(-c2nc(N3C[C@H]4CC[C@@H](C3)O4)c3cccn3n2)cc1. The van der Waals surface area contributed by atoms with Crippen molar-refractivity contribution < 1.29 is 14.2 Å². The van der Waals surface area contributed by atoms with Crippen molar-refractivity contribution in [2.24, 2.45) is 4.99 Å². The summed E-state index contributed by atoms with van der Waals surface area (Å²) in [5.74, 6) is 3.33. The number of benzene rings is 2. The van der Waals surface area contributed by atoms with E-state index in [1.807, 2.05) is 94.2 Å². The molecule has 5 fully saturated rings. The number of isothiocyanates is 1. The predicted molar refractivity (Wildman–Crippen MR) is 285 cm³/mol. The number of ether oxygens (including phenoxy) is 3. The molecular formula is C52H54N14O3S2. The Bertz CT molecular complexity index is 3050. The van der Waals surface area contributed by atoms with Crippen molar-refractivity contribution in [1.29, 1.82) is 0 Å². The number of aliphatic imine (C=N–C) groups is 1. The molecule has 71 heavy (non-hydrogen) atoms. The molecule has 4 atom stereocenters. The lowest BCUT2D eigenvalue weighted by Crippen LogP contribution is -2.43. The summed E-state index contributed by atoms with van der Waals surface area (Å²) < 4.78 is 20.8. The van der Waals surface area contributed by atoms with Crippen LogP contribution in [0.25, 0.3) is 33.8 Å².